The summed E-state index contributed by atoms with van der Waals surface area (Å²) in [5.74, 6) is -0.234. The number of hydrogen-bond donors (Lipinski definition) is 4. The van der Waals surface area contributed by atoms with Gasteiger partial charge in [-0.15, -0.1) is 20.5 Å². The number of ether oxygens (including phenoxy) is 1. The topological polar surface area (TPSA) is 214 Å². The van der Waals surface area contributed by atoms with E-state index in [0.29, 0.717) is 11.1 Å². The third-order valence-corrected chi connectivity index (χ3v) is 8.32. The van der Waals surface area contributed by atoms with Crippen molar-refractivity contribution in [1.29, 1.82) is 0 Å². The van der Waals surface area contributed by atoms with Gasteiger partial charge < -0.3 is 15.6 Å². The first-order valence-electron chi connectivity index (χ1n) is 12.0. The lowest BCUT2D eigenvalue weighted by Gasteiger charge is -2.09. The average Bonchev–Trinajstić information content (AvgIpc) is 2.95. The number of nitrogens with zero attached hydrogens (tertiary/aromatic N) is 4. The predicted octanol–water partition coefficient (Wildman–Crippen LogP) is 7.27. The summed E-state index contributed by atoms with van der Waals surface area (Å²) in [6.07, 6.45) is 0. The van der Waals surface area contributed by atoms with Gasteiger partial charge in [0, 0.05) is 22.2 Å². The highest BCUT2D eigenvalue weighted by Crippen LogP contribution is 2.43. The Labute approximate surface area is 249 Å². The van der Waals surface area contributed by atoms with Gasteiger partial charge in [0.05, 0.1) is 34.1 Å². The second-order valence-electron chi connectivity index (χ2n) is 9.00. The normalized spacial score (nSPS) is 12.6. The van der Waals surface area contributed by atoms with E-state index in [-0.39, 0.29) is 43.9 Å². The molecular weight excluding hydrogens is 622 g/mol. The molecule has 0 unspecified atom stereocenters. The Balaban J connectivity index is 1.68. The van der Waals surface area contributed by atoms with Crippen LogP contribution in [0.5, 0.6) is 11.5 Å². The summed E-state index contributed by atoms with van der Waals surface area (Å²) in [6.45, 7) is 0. The molecule has 0 aliphatic heterocycles. The fraction of sp³-hybridized carbons (Fsp3) is 0.0370. The maximum Gasteiger partial charge on any atom is 0.296 e. The number of halogens is 1. The number of benzene rings is 5. The second-order valence-corrected chi connectivity index (χ2v) is 12.2. The molecule has 43 heavy (non-hydrogen) atoms. The Bertz CT molecular complexity index is 2220. The van der Waals surface area contributed by atoms with Gasteiger partial charge in [-0.05, 0) is 41.8 Å². The zero-order valence-corrected chi connectivity index (χ0v) is 24.3. The van der Waals surface area contributed by atoms with Crippen LogP contribution in [0.2, 0.25) is 5.02 Å². The molecule has 0 saturated carbocycles. The summed E-state index contributed by atoms with van der Waals surface area (Å²) < 4.78 is 72.7. The van der Waals surface area contributed by atoms with E-state index in [9.17, 15) is 31.0 Å². The number of azo groups is 2. The summed E-state index contributed by atoms with van der Waals surface area (Å²) in [7, 11) is -8.04. The minimum atomic E-state index is -4.83. The fourth-order valence-corrected chi connectivity index (χ4v) is 5.61. The third kappa shape index (κ3) is 5.97. The SMILES string of the molecule is COc1cc(N=Nc2ccc(N=Nc3c(S(=O)(=O)O)cc4ccccc4c3O)c3ccc(S(=O)(=O)O)cc23)c(Cl)cc1N. The number of rotatable bonds is 7. The lowest BCUT2D eigenvalue weighted by Crippen LogP contribution is -1.99. The van der Waals surface area contributed by atoms with Crippen molar-refractivity contribution in [1.82, 2.24) is 0 Å². The molecule has 5 aromatic rings. The molecule has 0 aromatic heterocycles. The Kier molecular flexibility index (Phi) is 7.76. The van der Waals surface area contributed by atoms with Gasteiger partial charge in [-0.1, -0.05) is 41.9 Å². The Hall–Kier alpha value is -4.67. The zero-order chi connectivity index (χ0) is 31.1. The Morgan fingerprint density at radius 1 is 0.744 bits per heavy atom. The molecule has 0 fully saturated rings. The standard InChI is InChI=1S/C27H20ClN5O8S2/c1-41-24-13-23(19(28)12-20(24)29)32-30-22-9-8-21(17-7-6-15(11-18(17)22)42(35,36)37)31-33-26-25(43(38,39)40)10-14-4-2-3-5-16(14)27(26)34/h2-13,34H,29H2,1H3,(H,35,36,37)(H,38,39,40). The van der Waals surface area contributed by atoms with Crippen molar-refractivity contribution in [3.63, 3.8) is 0 Å². The molecule has 0 saturated heterocycles. The van der Waals surface area contributed by atoms with E-state index in [2.05, 4.69) is 20.5 Å². The van der Waals surface area contributed by atoms with Crippen LogP contribution in [0.3, 0.4) is 0 Å². The van der Waals surface area contributed by atoms with Crippen LogP contribution in [0.15, 0.2) is 103 Å². The number of nitrogen functional groups attached to an aromatic ring is 1. The molecule has 0 spiro atoms. The van der Waals surface area contributed by atoms with E-state index < -0.39 is 41.5 Å². The molecule has 220 valence electrons. The van der Waals surface area contributed by atoms with Gasteiger partial charge in [0.2, 0.25) is 0 Å². The molecule has 16 heteroatoms. The predicted molar refractivity (Wildman–Crippen MR) is 160 cm³/mol. The smallest absolute Gasteiger partial charge is 0.296 e. The van der Waals surface area contributed by atoms with E-state index >= 15 is 0 Å². The van der Waals surface area contributed by atoms with Crippen molar-refractivity contribution in [2.75, 3.05) is 12.8 Å². The van der Waals surface area contributed by atoms with Crippen LogP contribution in [-0.4, -0.2) is 38.2 Å². The van der Waals surface area contributed by atoms with E-state index in [1.165, 1.54) is 43.5 Å². The number of hydrogen-bond acceptors (Lipinski definition) is 11. The molecule has 5 aromatic carbocycles. The van der Waals surface area contributed by atoms with E-state index in [0.717, 1.165) is 18.2 Å². The highest BCUT2D eigenvalue weighted by molar-refractivity contribution is 7.86. The minimum absolute atomic E-state index is 0.0943. The summed E-state index contributed by atoms with van der Waals surface area (Å²) in [4.78, 5) is -1.12. The summed E-state index contributed by atoms with van der Waals surface area (Å²) in [6, 6.07) is 16.8. The number of anilines is 1. The Morgan fingerprint density at radius 3 is 2.07 bits per heavy atom. The maximum atomic E-state index is 12.1. The van der Waals surface area contributed by atoms with E-state index in [1.807, 2.05) is 0 Å². The van der Waals surface area contributed by atoms with Crippen molar-refractivity contribution in [3.8, 4) is 11.5 Å². The molecule has 13 nitrogen and oxygen atoms in total. The summed E-state index contributed by atoms with van der Waals surface area (Å²) in [5.41, 5.74) is 6.04. The number of nitrogens with two attached hydrogens (primary N) is 1. The van der Waals surface area contributed by atoms with Gasteiger partial charge in [-0.3, -0.25) is 9.11 Å². The van der Waals surface area contributed by atoms with Crippen molar-refractivity contribution in [3.05, 3.63) is 77.8 Å². The lowest BCUT2D eigenvalue weighted by atomic mass is 10.1. The number of aromatic hydroxyl groups is 1. The first kappa shape index (κ1) is 29.8. The first-order chi connectivity index (χ1) is 20.3. The molecule has 0 aliphatic carbocycles. The number of phenolic OH excluding ortho intramolecular Hbond substituents is 1. The molecule has 0 bridgehead atoms. The van der Waals surface area contributed by atoms with Crippen LogP contribution in [0.1, 0.15) is 0 Å². The largest absolute Gasteiger partial charge is 0.505 e. The molecule has 0 atom stereocenters. The summed E-state index contributed by atoms with van der Waals surface area (Å²) in [5, 5.41) is 28.4. The van der Waals surface area contributed by atoms with Crippen LogP contribution in [0.4, 0.5) is 28.4 Å². The third-order valence-electron chi connectivity index (χ3n) is 6.30. The average molecular weight is 642 g/mol. The van der Waals surface area contributed by atoms with Crippen molar-refractivity contribution in [2.45, 2.75) is 9.79 Å². The molecule has 5 rings (SSSR count). The Morgan fingerprint density at radius 2 is 1.40 bits per heavy atom. The van der Waals surface area contributed by atoms with Crippen LogP contribution in [-0.2, 0) is 20.2 Å². The highest BCUT2D eigenvalue weighted by Gasteiger charge is 2.22. The lowest BCUT2D eigenvalue weighted by molar-refractivity contribution is 0.417. The maximum absolute atomic E-state index is 12.1. The van der Waals surface area contributed by atoms with Gasteiger partial charge >= 0.3 is 0 Å². The van der Waals surface area contributed by atoms with E-state index in [1.54, 1.807) is 18.2 Å². The van der Waals surface area contributed by atoms with Crippen LogP contribution in [0.25, 0.3) is 21.5 Å². The number of phenols is 1. The molecule has 0 aliphatic rings. The van der Waals surface area contributed by atoms with Gasteiger partial charge in [0.15, 0.2) is 5.75 Å². The fourth-order valence-electron chi connectivity index (χ4n) is 4.24. The monoisotopic (exact) mass is 641 g/mol. The molecule has 5 N–H and O–H groups in total. The van der Waals surface area contributed by atoms with Crippen molar-refractivity contribution >= 4 is 81.8 Å². The van der Waals surface area contributed by atoms with Gasteiger partial charge in [0.25, 0.3) is 20.2 Å². The molecular formula is C27H20ClN5O8S2. The van der Waals surface area contributed by atoms with Crippen LogP contribution >= 0.6 is 11.6 Å². The molecule has 0 amide bonds. The quantitative estimate of drug-likeness (QED) is 0.0797. The minimum Gasteiger partial charge on any atom is -0.505 e. The zero-order valence-electron chi connectivity index (χ0n) is 21.9. The number of fused-ring (bicyclic) bond motifs is 2. The van der Waals surface area contributed by atoms with E-state index in [4.69, 9.17) is 22.1 Å². The van der Waals surface area contributed by atoms with Crippen molar-refractivity contribution in [2.24, 2.45) is 20.5 Å². The second kappa shape index (κ2) is 11.2. The highest BCUT2D eigenvalue weighted by atomic mass is 35.5. The van der Waals surface area contributed by atoms with Gasteiger partial charge in [-0.2, -0.15) is 16.8 Å². The summed E-state index contributed by atoms with van der Waals surface area (Å²) >= 11 is 6.24. The molecule has 0 heterocycles. The number of methoxy groups -OCH3 is 1. The van der Waals surface area contributed by atoms with Crippen LogP contribution in [0, 0.1) is 0 Å². The van der Waals surface area contributed by atoms with Gasteiger partial charge in [0.1, 0.15) is 22.0 Å². The first-order valence-corrected chi connectivity index (χ1v) is 15.3. The molecule has 0 radical (unpaired) electrons. The van der Waals surface area contributed by atoms with Gasteiger partial charge in [-0.25, -0.2) is 0 Å². The van der Waals surface area contributed by atoms with Crippen molar-refractivity contribution < 1.29 is 35.8 Å². The van der Waals surface area contributed by atoms with Crippen LogP contribution < -0.4 is 10.5 Å².